The predicted octanol–water partition coefficient (Wildman–Crippen LogP) is 3.80. The number of amides is 1. The van der Waals surface area contributed by atoms with Gasteiger partial charge in [-0.2, -0.15) is 0 Å². The largest absolute Gasteiger partial charge is 0.493 e. The Labute approximate surface area is 185 Å². The summed E-state index contributed by atoms with van der Waals surface area (Å²) in [5.41, 5.74) is 2.25. The molecule has 0 radical (unpaired) electrons. The van der Waals surface area contributed by atoms with Gasteiger partial charge in [0.05, 0.1) is 14.2 Å². The van der Waals surface area contributed by atoms with E-state index in [0.717, 1.165) is 5.56 Å². The maximum Gasteiger partial charge on any atom is 0.318 e. The molecule has 1 amide bonds. The van der Waals surface area contributed by atoms with E-state index in [2.05, 4.69) is 5.32 Å². The van der Waals surface area contributed by atoms with E-state index in [1.807, 2.05) is 42.5 Å². The van der Waals surface area contributed by atoms with Crippen molar-refractivity contribution in [3.05, 3.63) is 83.4 Å². The quantitative estimate of drug-likeness (QED) is 0.571. The molecule has 7 heteroatoms. The molecular weight excluding hydrogens is 410 g/mol. The molecule has 7 nitrogen and oxygen atoms in total. The van der Waals surface area contributed by atoms with Crippen molar-refractivity contribution in [1.82, 2.24) is 5.32 Å². The van der Waals surface area contributed by atoms with Gasteiger partial charge in [-0.05, 0) is 29.8 Å². The number of carbonyl (C=O) groups is 2. The average Bonchev–Trinajstić information content (AvgIpc) is 2.84. The second kappa shape index (κ2) is 9.43. The highest BCUT2D eigenvalue weighted by Crippen LogP contribution is 2.44. The molecule has 1 aliphatic heterocycles. The zero-order valence-electron chi connectivity index (χ0n) is 17.8. The van der Waals surface area contributed by atoms with Gasteiger partial charge in [-0.3, -0.25) is 9.59 Å². The first-order chi connectivity index (χ1) is 15.6. The van der Waals surface area contributed by atoms with Crippen LogP contribution in [0.25, 0.3) is 0 Å². The standard InChI is InChI=1S/C25H23NO6/c1-29-21-12-11-16(13-22(21)30-2)14-26-23(27)15-31-25(28)24-17-7-3-5-9-19(17)32-20-10-6-4-8-18(20)24/h3-13,24H,14-15H2,1-2H3,(H,26,27). The lowest BCUT2D eigenvalue weighted by atomic mass is 9.88. The third-order valence-electron chi connectivity index (χ3n) is 5.20. The first kappa shape index (κ1) is 21.2. The summed E-state index contributed by atoms with van der Waals surface area (Å²) in [6.07, 6.45) is 0. The number of hydrogen-bond donors (Lipinski definition) is 1. The predicted molar refractivity (Wildman–Crippen MR) is 117 cm³/mol. The summed E-state index contributed by atoms with van der Waals surface area (Å²) in [5, 5.41) is 2.75. The highest BCUT2D eigenvalue weighted by atomic mass is 16.5. The van der Waals surface area contributed by atoms with Crippen LogP contribution in [-0.4, -0.2) is 32.7 Å². The van der Waals surface area contributed by atoms with Crippen LogP contribution in [0.2, 0.25) is 0 Å². The number of methoxy groups -OCH3 is 2. The van der Waals surface area contributed by atoms with Crippen LogP contribution in [-0.2, 0) is 20.9 Å². The molecule has 3 aromatic rings. The number of fused-ring (bicyclic) bond motifs is 2. The lowest BCUT2D eigenvalue weighted by Crippen LogP contribution is -2.30. The summed E-state index contributed by atoms with van der Waals surface area (Å²) in [5.74, 6) is 0.819. The zero-order valence-corrected chi connectivity index (χ0v) is 17.8. The van der Waals surface area contributed by atoms with Gasteiger partial charge in [-0.25, -0.2) is 0 Å². The van der Waals surface area contributed by atoms with Crippen molar-refractivity contribution >= 4 is 11.9 Å². The lowest BCUT2D eigenvalue weighted by Gasteiger charge is -2.26. The van der Waals surface area contributed by atoms with Crippen LogP contribution in [0.1, 0.15) is 22.6 Å². The maximum atomic E-state index is 13.0. The Balaban J connectivity index is 1.40. The Hall–Kier alpha value is -4.00. The van der Waals surface area contributed by atoms with Crippen molar-refractivity contribution in [2.75, 3.05) is 20.8 Å². The third kappa shape index (κ3) is 4.37. The van der Waals surface area contributed by atoms with E-state index in [1.165, 1.54) is 0 Å². The van der Waals surface area contributed by atoms with E-state index in [1.54, 1.807) is 38.5 Å². The maximum absolute atomic E-state index is 13.0. The lowest BCUT2D eigenvalue weighted by molar-refractivity contribution is -0.149. The highest BCUT2D eigenvalue weighted by Gasteiger charge is 2.33. The van der Waals surface area contributed by atoms with E-state index in [4.69, 9.17) is 18.9 Å². The molecule has 0 saturated heterocycles. The number of hydrogen-bond acceptors (Lipinski definition) is 6. The zero-order chi connectivity index (χ0) is 22.5. The Morgan fingerprint density at radius 1 is 0.875 bits per heavy atom. The molecule has 0 aromatic heterocycles. The molecule has 0 bridgehead atoms. The van der Waals surface area contributed by atoms with Gasteiger partial charge >= 0.3 is 5.97 Å². The van der Waals surface area contributed by atoms with Gasteiger partial charge in [-0.1, -0.05) is 42.5 Å². The second-order valence-corrected chi connectivity index (χ2v) is 7.18. The van der Waals surface area contributed by atoms with Gasteiger partial charge < -0.3 is 24.3 Å². The molecule has 1 N–H and O–H groups in total. The van der Waals surface area contributed by atoms with Gasteiger partial charge in [0.1, 0.15) is 17.4 Å². The van der Waals surface area contributed by atoms with Gasteiger partial charge in [-0.15, -0.1) is 0 Å². The Morgan fingerprint density at radius 3 is 2.12 bits per heavy atom. The summed E-state index contributed by atoms with van der Waals surface area (Å²) < 4.78 is 21.8. The van der Waals surface area contributed by atoms with Crippen molar-refractivity contribution in [3.8, 4) is 23.0 Å². The first-order valence-electron chi connectivity index (χ1n) is 10.1. The van der Waals surface area contributed by atoms with Crippen LogP contribution in [0.3, 0.4) is 0 Å². The number of carbonyl (C=O) groups excluding carboxylic acids is 2. The Bertz CT molecular complexity index is 1100. The molecule has 1 heterocycles. The number of ether oxygens (including phenoxy) is 4. The molecule has 3 aromatic carbocycles. The van der Waals surface area contributed by atoms with E-state index in [-0.39, 0.29) is 13.2 Å². The van der Waals surface area contributed by atoms with Gasteiger partial charge in [0.2, 0.25) is 0 Å². The molecule has 0 spiro atoms. The third-order valence-corrected chi connectivity index (χ3v) is 5.20. The van der Waals surface area contributed by atoms with Crippen molar-refractivity contribution in [3.63, 3.8) is 0 Å². The van der Waals surface area contributed by atoms with E-state index in [9.17, 15) is 9.59 Å². The Morgan fingerprint density at radius 2 is 1.50 bits per heavy atom. The molecule has 164 valence electrons. The number of benzene rings is 3. The molecule has 0 aliphatic carbocycles. The number of nitrogens with one attached hydrogen (secondary N) is 1. The minimum absolute atomic E-state index is 0.264. The molecule has 1 aliphatic rings. The minimum atomic E-state index is -0.658. The van der Waals surface area contributed by atoms with Crippen LogP contribution in [0.5, 0.6) is 23.0 Å². The second-order valence-electron chi connectivity index (χ2n) is 7.18. The van der Waals surface area contributed by atoms with Crippen molar-refractivity contribution in [2.45, 2.75) is 12.5 Å². The SMILES string of the molecule is COc1ccc(CNC(=O)COC(=O)C2c3ccccc3Oc3ccccc32)cc1OC. The minimum Gasteiger partial charge on any atom is -0.493 e. The smallest absolute Gasteiger partial charge is 0.318 e. The van der Waals surface area contributed by atoms with Crippen LogP contribution in [0.4, 0.5) is 0 Å². The summed E-state index contributed by atoms with van der Waals surface area (Å²) in [7, 11) is 3.11. The number of rotatable bonds is 7. The van der Waals surface area contributed by atoms with E-state index >= 15 is 0 Å². The highest BCUT2D eigenvalue weighted by molar-refractivity contribution is 5.87. The number of para-hydroxylation sites is 2. The summed E-state index contributed by atoms with van der Waals surface area (Å²) in [4.78, 5) is 25.3. The van der Waals surface area contributed by atoms with Crippen molar-refractivity contribution in [1.29, 1.82) is 0 Å². The molecule has 0 saturated carbocycles. The normalized spacial score (nSPS) is 12.1. The monoisotopic (exact) mass is 433 g/mol. The fourth-order valence-corrected chi connectivity index (χ4v) is 3.63. The van der Waals surface area contributed by atoms with Crippen molar-refractivity contribution in [2.24, 2.45) is 0 Å². The van der Waals surface area contributed by atoms with E-state index < -0.39 is 17.8 Å². The Kier molecular flexibility index (Phi) is 6.26. The van der Waals surface area contributed by atoms with Crippen molar-refractivity contribution < 1.29 is 28.5 Å². The molecule has 32 heavy (non-hydrogen) atoms. The van der Waals surface area contributed by atoms with Gasteiger partial charge in [0.25, 0.3) is 5.91 Å². The fraction of sp³-hybridized carbons (Fsp3) is 0.200. The van der Waals surface area contributed by atoms with Crippen LogP contribution in [0, 0.1) is 0 Å². The van der Waals surface area contributed by atoms with Crippen LogP contribution >= 0.6 is 0 Å². The molecule has 0 unspecified atom stereocenters. The van der Waals surface area contributed by atoms with E-state index in [0.29, 0.717) is 34.1 Å². The summed E-state index contributed by atoms with van der Waals surface area (Å²) in [6.45, 7) is -0.118. The molecule has 4 rings (SSSR count). The topological polar surface area (TPSA) is 83.1 Å². The fourth-order valence-electron chi connectivity index (χ4n) is 3.63. The molecule has 0 atom stereocenters. The first-order valence-corrected chi connectivity index (χ1v) is 10.1. The molecular formula is C25H23NO6. The van der Waals surface area contributed by atoms with Gasteiger partial charge in [0.15, 0.2) is 18.1 Å². The van der Waals surface area contributed by atoms with Gasteiger partial charge in [0, 0.05) is 17.7 Å². The van der Waals surface area contributed by atoms with Crippen LogP contribution in [0.15, 0.2) is 66.7 Å². The molecule has 0 fully saturated rings. The summed E-state index contributed by atoms with van der Waals surface area (Å²) in [6, 6.07) is 20.0. The van der Waals surface area contributed by atoms with Crippen LogP contribution < -0.4 is 19.5 Å². The number of esters is 1. The average molecular weight is 433 g/mol. The summed E-state index contributed by atoms with van der Waals surface area (Å²) >= 11 is 0.